The van der Waals surface area contributed by atoms with E-state index in [0.717, 1.165) is 25.7 Å². The van der Waals surface area contributed by atoms with Crippen molar-refractivity contribution in [1.29, 1.82) is 0 Å². The van der Waals surface area contributed by atoms with Crippen molar-refractivity contribution in [3.8, 4) is 0 Å². The lowest BCUT2D eigenvalue weighted by Gasteiger charge is -2.39. The van der Waals surface area contributed by atoms with Crippen LogP contribution in [0, 0.1) is 0 Å². The number of hydrogen-bond acceptors (Lipinski definition) is 2. The maximum absolute atomic E-state index is 13.2. The van der Waals surface area contributed by atoms with Crippen molar-refractivity contribution in [2.24, 2.45) is 0 Å². The van der Waals surface area contributed by atoms with Crippen LogP contribution in [-0.2, 0) is 6.18 Å². The minimum Gasteiger partial charge on any atom is -0.368 e. The molecule has 0 amide bonds. The largest absolute Gasteiger partial charge is 0.418 e. The minimum absolute atomic E-state index is 0.206. The van der Waals surface area contributed by atoms with Crippen molar-refractivity contribution in [2.45, 2.75) is 56.9 Å². The van der Waals surface area contributed by atoms with Gasteiger partial charge >= 0.3 is 6.18 Å². The Morgan fingerprint density at radius 2 is 1.76 bits per heavy atom. The molecule has 0 saturated carbocycles. The molecule has 2 atom stereocenters. The first kappa shape index (κ1) is 14.7. The molecule has 21 heavy (non-hydrogen) atoms. The first-order valence-corrected chi connectivity index (χ1v) is 7.68. The van der Waals surface area contributed by atoms with Crippen LogP contribution in [0.2, 0.25) is 0 Å². The Labute approximate surface area is 123 Å². The van der Waals surface area contributed by atoms with Gasteiger partial charge in [0.15, 0.2) is 0 Å². The van der Waals surface area contributed by atoms with E-state index in [9.17, 15) is 13.2 Å². The zero-order valence-corrected chi connectivity index (χ0v) is 12.2. The second kappa shape index (κ2) is 5.52. The molecule has 2 nitrogen and oxygen atoms in total. The predicted octanol–water partition coefficient (Wildman–Crippen LogP) is 3.81. The molecule has 2 fully saturated rings. The van der Waals surface area contributed by atoms with E-state index >= 15 is 0 Å². The summed E-state index contributed by atoms with van der Waals surface area (Å²) in [7, 11) is 0. The van der Waals surface area contributed by atoms with E-state index in [1.807, 2.05) is 11.8 Å². The highest BCUT2D eigenvalue weighted by atomic mass is 19.4. The van der Waals surface area contributed by atoms with Crippen LogP contribution in [0.25, 0.3) is 0 Å². The van der Waals surface area contributed by atoms with Crippen molar-refractivity contribution in [3.05, 3.63) is 29.8 Å². The number of benzene rings is 1. The number of para-hydroxylation sites is 1. The summed E-state index contributed by atoms with van der Waals surface area (Å²) in [5.41, 5.74) is -0.184. The summed E-state index contributed by atoms with van der Waals surface area (Å²) in [6.45, 7) is 2.55. The molecule has 2 aliphatic rings. The van der Waals surface area contributed by atoms with Crippen LogP contribution in [0.3, 0.4) is 0 Å². The molecule has 1 aromatic rings. The third-order valence-electron chi connectivity index (χ3n) is 4.75. The van der Waals surface area contributed by atoms with E-state index in [4.69, 9.17) is 0 Å². The molecule has 2 heterocycles. The van der Waals surface area contributed by atoms with Crippen molar-refractivity contribution in [1.82, 2.24) is 5.32 Å². The van der Waals surface area contributed by atoms with Crippen molar-refractivity contribution < 1.29 is 13.2 Å². The fraction of sp³-hybridized carbons (Fsp3) is 0.625. The Bertz CT molecular complexity index is 489. The maximum Gasteiger partial charge on any atom is 0.418 e. The normalized spacial score (nSPS) is 28.7. The standard InChI is InChI=1S/C16H21F3N2/c1-2-21(13-9-11-7-8-12(10-13)20-11)15-6-4-3-5-14(15)16(17,18)19/h3-6,11-13,20H,2,7-10H2,1H3. The fourth-order valence-electron chi connectivity index (χ4n) is 3.87. The summed E-state index contributed by atoms with van der Waals surface area (Å²) in [5, 5.41) is 3.55. The van der Waals surface area contributed by atoms with Crippen LogP contribution < -0.4 is 10.2 Å². The SMILES string of the molecule is CCN(c1ccccc1C(F)(F)F)C1CC2CCC(C1)N2. The zero-order valence-electron chi connectivity index (χ0n) is 12.2. The van der Waals surface area contributed by atoms with Crippen LogP contribution in [0.15, 0.2) is 24.3 Å². The van der Waals surface area contributed by atoms with Crippen LogP contribution in [0.5, 0.6) is 0 Å². The van der Waals surface area contributed by atoms with Gasteiger partial charge in [-0.3, -0.25) is 0 Å². The van der Waals surface area contributed by atoms with E-state index in [2.05, 4.69) is 5.32 Å². The number of nitrogens with zero attached hydrogens (tertiary/aromatic N) is 1. The average molecular weight is 298 g/mol. The smallest absolute Gasteiger partial charge is 0.368 e. The lowest BCUT2D eigenvalue weighted by molar-refractivity contribution is -0.137. The van der Waals surface area contributed by atoms with Gasteiger partial charge in [-0.15, -0.1) is 0 Å². The molecule has 5 heteroatoms. The molecule has 116 valence electrons. The molecule has 0 aromatic heterocycles. The highest BCUT2D eigenvalue weighted by Gasteiger charge is 2.39. The quantitative estimate of drug-likeness (QED) is 0.912. The van der Waals surface area contributed by atoms with Gasteiger partial charge in [-0.25, -0.2) is 0 Å². The number of nitrogens with one attached hydrogen (secondary N) is 1. The number of halogens is 3. The minimum atomic E-state index is -4.30. The van der Waals surface area contributed by atoms with Crippen molar-refractivity contribution >= 4 is 5.69 Å². The molecular formula is C16H21F3N2. The van der Waals surface area contributed by atoms with Crippen molar-refractivity contribution in [2.75, 3.05) is 11.4 Å². The number of hydrogen-bond donors (Lipinski definition) is 1. The van der Waals surface area contributed by atoms with Gasteiger partial charge in [-0.1, -0.05) is 12.1 Å². The number of anilines is 1. The van der Waals surface area contributed by atoms with Gasteiger partial charge in [-0.05, 0) is 44.7 Å². The third-order valence-corrected chi connectivity index (χ3v) is 4.75. The monoisotopic (exact) mass is 298 g/mol. The van der Waals surface area contributed by atoms with Gasteiger partial charge in [0.1, 0.15) is 0 Å². The zero-order chi connectivity index (χ0) is 15.0. The van der Waals surface area contributed by atoms with E-state index < -0.39 is 11.7 Å². The Morgan fingerprint density at radius 3 is 2.33 bits per heavy atom. The Kier molecular flexibility index (Phi) is 3.86. The summed E-state index contributed by atoms with van der Waals surface area (Å²) >= 11 is 0. The first-order chi connectivity index (χ1) is 9.99. The topological polar surface area (TPSA) is 15.3 Å². The van der Waals surface area contributed by atoms with Gasteiger partial charge in [0.2, 0.25) is 0 Å². The predicted molar refractivity (Wildman–Crippen MR) is 77.4 cm³/mol. The Balaban J connectivity index is 1.90. The fourth-order valence-corrected chi connectivity index (χ4v) is 3.87. The van der Waals surface area contributed by atoms with Crippen molar-refractivity contribution in [3.63, 3.8) is 0 Å². The van der Waals surface area contributed by atoms with Crippen LogP contribution in [0.4, 0.5) is 18.9 Å². The highest BCUT2D eigenvalue weighted by Crippen LogP contribution is 2.39. The highest BCUT2D eigenvalue weighted by molar-refractivity contribution is 5.56. The molecule has 0 aliphatic carbocycles. The molecule has 1 N–H and O–H groups in total. The van der Waals surface area contributed by atoms with Crippen LogP contribution >= 0.6 is 0 Å². The third kappa shape index (κ3) is 2.89. The number of fused-ring (bicyclic) bond motifs is 2. The summed E-state index contributed by atoms with van der Waals surface area (Å²) in [4.78, 5) is 1.95. The second-order valence-electron chi connectivity index (χ2n) is 6.06. The summed E-state index contributed by atoms with van der Waals surface area (Å²) < 4.78 is 39.7. The molecule has 1 aromatic carbocycles. The maximum atomic E-state index is 13.2. The van der Waals surface area contributed by atoms with E-state index in [0.29, 0.717) is 24.3 Å². The molecule has 0 spiro atoms. The summed E-state index contributed by atoms with van der Waals surface area (Å²) in [6.07, 6.45) is -0.109. The summed E-state index contributed by atoms with van der Waals surface area (Å²) in [5.74, 6) is 0. The lowest BCUT2D eigenvalue weighted by Crippen LogP contribution is -2.48. The van der Waals surface area contributed by atoms with Gasteiger partial charge in [0.05, 0.1) is 5.56 Å². The molecule has 2 saturated heterocycles. The molecule has 2 unspecified atom stereocenters. The van der Waals surface area contributed by atoms with E-state index in [-0.39, 0.29) is 6.04 Å². The Hall–Kier alpha value is -1.23. The van der Waals surface area contributed by atoms with E-state index in [1.54, 1.807) is 12.1 Å². The van der Waals surface area contributed by atoms with Gasteiger partial charge in [-0.2, -0.15) is 13.2 Å². The number of piperidine rings is 1. The van der Waals surface area contributed by atoms with Gasteiger partial charge in [0, 0.05) is 30.4 Å². The molecule has 3 rings (SSSR count). The van der Waals surface area contributed by atoms with Crippen LogP contribution in [-0.4, -0.2) is 24.7 Å². The number of rotatable bonds is 3. The number of alkyl halides is 3. The molecule has 0 radical (unpaired) electrons. The van der Waals surface area contributed by atoms with E-state index in [1.165, 1.54) is 12.1 Å². The average Bonchev–Trinajstić information content (AvgIpc) is 2.78. The van der Waals surface area contributed by atoms with Crippen LogP contribution in [0.1, 0.15) is 38.2 Å². The molecular weight excluding hydrogens is 277 g/mol. The second-order valence-corrected chi connectivity index (χ2v) is 6.06. The molecule has 2 bridgehead atoms. The van der Waals surface area contributed by atoms with Gasteiger partial charge < -0.3 is 10.2 Å². The molecule has 2 aliphatic heterocycles. The van der Waals surface area contributed by atoms with Gasteiger partial charge in [0.25, 0.3) is 0 Å². The Morgan fingerprint density at radius 1 is 1.14 bits per heavy atom. The lowest BCUT2D eigenvalue weighted by atomic mass is 9.96. The summed E-state index contributed by atoms with van der Waals surface area (Å²) in [6, 6.07) is 7.11. The first-order valence-electron chi connectivity index (χ1n) is 7.68.